The average Bonchev–Trinajstić information content (AvgIpc) is 3.31. The summed E-state index contributed by atoms with van der Waals surface area (Å²) < 4.78 is 16.8. The molecule has 0 aliphatic heterocycles. The van der Waals surface area contributed by atoms with E-state index < -0.39 is 6.10 Å². The second-order valence-electron chi connectivity index (χ2n) is 19.2. The van der Waals surface area contributed by atoms with Gasteiger partial charge >= 0.3 is 17.9 Å². The van der Waals surface area contributed by atoms with Crippen molar-refractivity contribution in [1.29, 1.82) is 0 Å². The standard InChI is InChI=1S/C60H108O6/c1-4-7-10-13-16-19-22-25-28-29-30-31-33-35-38-41-44-47-50-53-59(62)65-56-57(55-64-58(61)52-49-46-43-40-37-34-27-24-21-18-15-12-9-6-3)66-60(63)54-51-48-45-42-39-36-32-26-23-20-17-14-11-8-5-2/h9,12,18,20-21,23,27,34,57H,4-8,10-11,13-17,19,22,24-26,28-33,35-56H2,1-3H3/b12-9-,21-18-,23-20-,34-27-. The number of unbranched alkanes of at least 4 members (excludes halogenated alkanes) is 33. The summed E-state index contributed by atoms with van der Waals surface area (Å²) in [5, 5.41) is 0. The SMILES string of the molecule is CC/C=C\C/C=C\C/C=C\CCCCCCC(=O)OCC(COC(=O)CCCCCCCCCCCCCCCCCCCCC)OC(=O)CCCCCCCCC/C=C\CCCCCC. The predicted molar refractivity (Wildman–Crippen MR) is 284 cm³/mol. The van der Waals surface area contributed by atoms with Gasteiger partial charge in [0.05, 0.1) is 0 Å². The maximum atomic E-state index is 12.8. The monoisotopic (exact) mass is 925 g/mol. The molecule has 0 aromatic rings. The van der Waals surface area contributed by atoms with Crippen molar-refractivity contribution < 1.29 is 28.6 Å². The second kappa shape index (κ2) is 55.0. The zero-order valence-corrected chi connectivity index (χ0v) is 44.0. The fourth-order valence-electron chi connectivity index (χ4n) is 8.28. The van der Waals surface area contributed by atoms with Gasteiger partial charge in [0.2, 0.25) is 0 Å². The Balaban J connectivity index is 4.35. The number of carbonyl (C=O) groups excluding carboxylic acids is 3. The maximum absolute atomic E-state index is 12.8. The lowest BCUT2D eigenvalue weighted by Gasteiger charge is -2.18. The van der Waals surface area contributed by atoms with Crippen LogP contribution in [-0.4, -0.2) is 37.2 Å². The van der Waals surface area contributed by atoms with Crippen molar-refractivity contribution in [3.63, 3.8) is 0 Å². The Morgan fingerprint density at radius 3 is 0.955 bits per heavy atom. The average molecular weight is 926 g/mol. The van der Waals surface area contributed by atoms with Gasteiger partial charge in [-0.15, -0.1) is 0 Å². The van der Waals surface area contributed by atoms with Gasteiger partial charge in [-0.1, -0.05) is 249 Å². The van der Waals surface area contributed by atoms with Crippen LogP contribution in [0.5, 0.6) is 0 Å². The Morgan fingerprint density at radius 1 is 0.318 bits per heavy atom. The quantitative estimate of drug-likeness (QED) is 0.0262. The molecule has 0 N–H and O–H groups in total. The number of ether oxygens (including phenoxy) is 3. The summed E-state index contributed by atoms with van der Waals surface area (Å²) in [6.07, 6.45) is 66.7. The molecule has 0 radical (unpaired) electrons. The summed E-state index contributed by atoms with van der Waals surface area (Å²) in [5.74, 6) is -0.893. The first-order valence-electron chi connectivity index (χ1n) is 28.6. The van der Waals surface area contributed by atoms with Crippen molar-refractivity contribution in [2.75, 3.05) is 13.2 Å². The van der Waals surface area contributed by atoms with Crippen LogP contribution in [0, 0.1) is 0 Å². The van der Waals surface area contributed by atoms with E-state index in [1.807, 2.05) is 0 Å². The van der Waals surface area contributed by atoms with E-state index in [1.165, 1.54) is 167 Å². The maximum Gasteiger partial charge on any atom is 0.306 e. The van der Waals surface area contributed by atoms with Gasteiger partial charge in [-0.25, -0.2) is 0 Å². The van der Waals surface area contributed by atoms with E-state index in [9.17, 15) is 14.4 Å². The molecule has 0 aromatic carbocycles. The van der Waals surface area contributed by atoms with Crippen LogP contribution in [0.2, 0.25) is 0 Å². The largest absolute Gasteiger partial charge is 0.462 e. The van der Waals surface area contributed by atoms with Crippen molar-refractivity contribution in [1.82, 2.24) is 0 Å². The van der Waals surface area contributed by atoms with Crippen LogP contribution in [0.3, 0.4) is 0 Å². The molecule has 1 atom stereocenters. The molecule has 0 saturated heterocycles. The molecule has 0 amide bonds. The third kappa shape index (κ3) is 52.3. The highest BCUT2D eigenvalue weighted by atomic mass is 16.6. The molecule has 0 aromatic heterocycles. The van der Waals surface area contributed by atoms with Gasteiger partial charge in [-0.05, 0) is 77.0 Å². The summed E-state index contributed by atoms with van der Waals surface area (Å²) in [6.45, 7) is 6.53. The highest BCUT2D eigenvalue weighted by Crippen LogP contribution is 2.16. The van der Waals surface area contributed by atoms with E-state index >= 15 is 0 Å². The number of esters is 3. The molecule has 6 nitrogen and oxygen atoms in total. The van der Waals surface area contributed by atoms with E-state index in [0.29, 0.717) is 19.3 Å². The van der Waals surface area contributed by atoms with E-state index in [1.54, 1.807) is 0 Å². The second-order valence-corrected chi connectivity index (χ2v) is 19.2. The van der Waals surface area contributed by atoms with Crippen molar-refractivity contribution in [2.24, 2.45) is 0 Å². The Hall–Kier alpha value is -2.63. The lowest BCUT2D eigenvalue weighted by molar-refractivity contribution is -0.167. The van der Waals surface area contributed by atoms with Gasteiger partial charge in [0.15, 0.2) is 6.10 Å². The number of carbonyl (C=O) groups is 3. The minimum atomic E-state index is -0.782. The Kier molecular flexibility index (Phi) is 52.8. The molecule has 66 heavy (non-hydrogen) atoms. The summed E-state index contributed by atoms with van der Waals surface area (Å²) in [5.41, 5.74) is 0. The fraction of sp³-hybridized carbons (Fsp3) is 0.817. The molecule has 0 bridgehead atoms. The zero-order valence-electron chi connectivity index (χ0n) is 44.0. The molecule has 0 aliphatic rings. The van der Waals surface area contributed by atoms with Crippen LogP contribution in [0.4, 0.5) is 0 Å². The first kappa shape index (κ1) is 63.4. The fourth-order valence-corrected chi connectivity index (χ4v) is 8.28. The highest BCUT2D eigenvalue weighted by Gasteiger charge is 2.19. The predicted octanol–water partition coefficient (Wildman–Crippen LogP) is 19.0. The lowest BCUT2D eigenvalue weighted by atomic mass is 10.0. The number of allylic oxidation sites excluding steroid dienone is 8. The van der Waals surface area contributed by atoms with Crippen molar-refractivity contribution in [2.45, 2.75) is 303 Å². The topological polar surface area (TPSA) is 78.9 Å². The number of hydrogen-bond donors (Lipinski definition) is 0. The van der Waals surface area contributed by atoms with E-state index in [4.69, 9.17) is 14.2 Å². The van der Waals surface area contributed by atoms with Crippen molar-refractivity contribution >= 4 is 17.9 Å². The number of rotatable bonds is 52. The minimum absolute atomic E-state index is 0.0791. The first-order valence-corrected chi connectivity index (χ1v) is 28.6. The van der Waals surface area contributed by atoms with Crippen LogP contribution in [0.15, 0.2) is 48.6 Å². The molecular weight excluding hydrogens is 817 g/mol. The molecule has 0 spiro atoms. The Morgan fingerprint density at radius 2 is 0.591 bits per heavy atom. The normalized spacial score (nSPS) is 12.3. The van der Waals surface area contributed by atoms with E-state index in [-0.39, 0.29) is 31.1 Å². The summed E-state index contributed by atoms with van der Waals surface area (Å²) >= 11 is 0. The molecule has 0 aliphatic carbocycles. The van der Waals surface area contributed by atoms with E-state index in [0.717, 1.165) is 89.9 Å². The van der Waals surface area contributed by atoms with E-state index in [2.05, 4.69) is 69.4 Å². The van der Waals surface area contributed by atoms with Crippen LogP contribution in [0.1, 0.15) is 297 Å². The molecule has 0 fully saturated rings. The zero-order chi connectivity index (χ0) is 47.9. The third-order valence-corrected chi connectivity index (χ3v) is 12.6. The molecule has 384 valence electrons. The summed E-state index contributed by atoms with van der Waals surface area (Å²) in [6, 6.07) is 0. The Labute approximate surface area is 409 Å². The van der Waals surface area contributed by atoms with Crippen LogP contribution in [-0.2, 0) is 28.6 Å². The van der Waals surface area contributed by atoms with Crippen LogP contribution >= 0.6 is 0 Å². The van der Waals surface area contributed by atoms with Crippen molar-refractivity contribution in [3.05, 3.63) is 48.6 Å². The van der Waals surface area contributed by atoms with Gasteiger partial charge in [0.1, 0.15) is 13.2 Å². The highest BCUT2D eigenvalue weighted by molar-refractivity contribution is 5.71. The Bertz CT molecular complexity index is 1150. The van der Waals surface area contributed by atoms with Crippen LogP contribution in [0.25, 0.3) is 0 Å². The first-order chi connectivity index (χ1) is 32.5. The van der Waals surface area contributed by atoms with Gasteiger partial charge in [-0.3, -0.25) is 14.4 Å². The van der Waals surface area contributed by atoms with Gasteiger partial charge in [0, 0.05) is 19.3 Å². The summed E-state index contributed by atoms with van der Waals surface area (Å²) in [7, 11) is 0. The third-order valence-electron chi connectivity index (χ3n) is 12.6. The molecule has 6 heteroatoms. The number of hydrogen-bond acceptors (Lipinski definition) is 6. The summed E-state index contributed by atoms with van der Waals surface area (Å²) in [4.78, 5) is 38.1. The molecule has 0 heterocycles. The van der Waals surface area contributed by atoms with Gasteiger partial charge in [-0.2, -0.15) is 0 Å². The molecule has 0 rings (SSSR count). The van der Waals surface area contributed by atoms with Gasteiger partial charge < -0.3 is 14.2 Å². The minimum Gasteiger partial charge on any atom is -0.462 e. The molecule has 1 unspecified atom stereocenters. The molecular formula is C60H108O6. The molecule has 0 saturated carbocycles. The van der Waals surface area contributed by atoms with Crippen molar-refractivity contribution in [3.8, 4) is 0 Å². The smallest absolute Gasteiger partial charge is 0.306 e. The van der Waals surface area contributed by atoms with Gasteiger partial charge in [0.25, 0.3) is 0 Å². The lowest BCUT2D eigenvalue weighted by Crippen LogP contribution is -2.30. The van der Waals surface area contributed by atoms with Crippen LogP contribution < -0.4 is 0 Å².